The van der Waals surface area contributed by atoms with Crippen LogP contribution in [-0.4, -0.2) is 51.8 Å². The van der Waals surface area contributed by atoms with Gasteiger partial charge in [-0.3, -0.25) is 9.59 Å². The summed E-state index contributed by atoms with van der Waals surface area (Å²) in [4.78, 5) is 30.6. The van der Waals surface area contributed by atoms with Crippen LogP contribution >= 0.6 is 11.8 Å². The predicted octanol–water partition coefficient (Wildman–Crippen LogP) is 2.52. The Kier molecular flexibility index (Phi) is 9.69. The summed E-state index contributed by atoms with van der Waals surface area (Å²) in [5.41, 5.74) is 1.96. The van der Waals surface area contributed by atoms with Gasteiger partial charge in [0.2, 0.25) is 0 Å². The number of nitrogens with one attached hydrogen (secondary N) is 2. The van der Waals surface area contributed by atoms with E-state index in [1.807, 2.05) is 23.9 Å². The summed E-state index contributed by atoms with van der Waals surface area (Å²) in [6.07, 6.45) is 7.27. The molecule has 0 radical (unpaired) electrons. The first-order valence-electron chi connectivity index (χ1n) is 9.97. The number of H-pyrrole nitrogens is 1. The Morgan fingerprint density at radius 2 is 2.24 bits per heavy atom. The average molecular weight is 425 g/mol. The monoisotopic (exact) mass is 424 g/mol. The number of ether oxygens (including phenoxy) is 2. The lowest BCUT2D eigenvalue weighted by Gasteiger charge is -2.23. The number of carbonyl (C=O) groups is 1. The van der Waals surface area contributed by atoms with E-state index in [2.05, 4.69) is 22.2 Å². The highest BCUT2D eigenvalue weighted by molar-refractivity contribution is 7.98. The van der Waals surface area contributed by atoms with Crippen molar-refractivity contribution in [3.8, 4) is 0 Å². The molecule has 2 rings (SSSR count). The lowest BCUT2D eigenvalue weighted by Crippen LogP contribution is -2.34. The first kappa shape index (κ1) is 23.4. The molecule has 2 heterocycles. The molecule has 0 aliphatic heterocycles. The van der Waals surface area contributed by atoms with Crippen LogP contribution in [0.4, 0.5) is 0 Å². The second-order valence-corrected chi connectivity index (χ2v) is 8.02. The van der Waals surface area contributed by atoms with Crippen molar-refractivity contribution in [2.75, 3.05) is 25.2 Å². The maximum atomic E-state index is 12.3. The number of unbranched alkanes of at least 4 members (excludes halogenated alkanes) is 1. The van der Waals surface area contributed by atoms with Crippen LogP contribution in [0.25, 0.3) is 11.0 Å². The van der Waals surface area contributed by atoms with Gasteiger partial charge in [0, 0.05) is 50.1 Å². The highest BCUT2D eigenvalue weighted by atomic mass is 32.2. The van der Waals surface area contributed by atoms with Crippen molar-refractivity contribution >= 4 is 28.8 Å². The van der Waals surface area contributed by atoms with E-state index >= 15 is 0 Å². The Morgan fingerprint density at radius 1 is 1.45 bits per heavy atom. The summed E-state index contributed by atoms with van der Waals surface area (Å²) in [6.45, 7) is 7.70. The number of aromatic nitrogens is 3. The summed E-state index contributed by atoms with van der Waals surface area (Å²) in [5, 5.41) is 3.43. The minimum Gasteiger partial charge on any atom is -0.462 e. The van der Waals surface area contributed by atoms with Crippen LogP contribution in [0.1, 0.15) is 39.2 Å². The molecule has 0 aromatic carbocycles. The second kappa shape index (κ2) is 12.0. The third-order valence-electron chi connectivity index (χ3n) is 4.72. The molecule has 0 fully saturated rings. The average Bonchev–Trinajstić information content (AvgIpc) is 3.03. The Labute approximate surface area is 175 Å². The number of esters is 1. The standard InChI is InChI=1S/C20H32N4O4S/c1-5-6-7-27-13-24-10-16(18-19(24)20(26)23-12-22-18)8-21-9-17(11-29-4)14(2)28-15(3)25/h10,12,14,17,21H,5-9,11,13H2,1-4H3,(H,22,23,26)/t14?,17-/m1/s1. The number of fused-ring (bicyclic) bond motifs is 1. The van der Waals surface area contributed by atoms with Crippen LogP contribution in [0.15, 0.2) is 17.3 Å². The first-order valence-corrected chi connectivity index (χ1v) is 11.4. The van der Waals surface area contributed by atoms with Gasteiger partial charge < -0.3 is 24.3 Å². The number of rotatable bonds is 13. The van der Waals surface area contributed by atoms with E-state index in [-0.39, 0.29) is 23.6 Å². The van der Waals surface area contributed by atoms with Crippen molar-refractivity contribution in [1.29, 1.82) is 0 Å². The number of nitrogens with zero attached hydrogens (tertiary/aromatic N) is 2. The van der Waals surface area contributed by atoms with Crippen LogP contribution < -0.4 is 10.9 Å². The molecule has 2 N–H and O–H groups in total. The minimum absolute atomic E-state index is 0.165. The maximum absolute atomic E-state index is 12.3. The fourth-order valence-electron chi connectivity index (χ4n) is 3.17. The Bertz CT molecular complexity index is 835. The molecule has 0 amide bonds. The predicted molar refractivity (Wildman–Crippen MR) is 116 cm³/mol. The van der Waals surface area contributed by atoms with Gasteiger partial charge in [-0.05, 0) is 19.6 Å². The smallest absolute Gasteiger partial charge is 0.302 e. The molecule has 29 heavy (non-hydrogen) atoms. The van der Waals surface area contributed by atoms with Gasteiger partial charge in [-0.2, -0.15) is 11.8 Å². The van der Waals surface area contributed by atoms with E-state index in [9.17, 15) is 9.59 Å². The van der Waals surface area contributed by atoms with Crippen molar-refractivity contribution in [2.24, 2.45) is 5.92 Å². The maximum Gasteiger partial charge on any atom is 0.302 e. The number of hydrogen-bond donors (Lipinski definition) is 2. The molecule has 0 saturated carbocycles. The van der Waals surface area contributed by atoms with Crippen molar-refractivity contribution < 1.29 is 14.3 Å². The van der Waals surface area contributed by atoms with Crippen LogP contribution in [0.5, 0.6) is 0 Å². The Balaban J connectivity index is 2.07. The van der Waals surface area contributed by atoms with Crippen molar-refractivity contribution in [3.05, 3.63) is 28.4 Å². The van der Waals surface area contributed by atoms with Crippen LogP contribution in [0.2, 0.25) is 0 Å². The fourth-order valence-corrected chi connectivity index (χ4v) is 3.99. The second-order valence-electron chi connectivity index (χ2n) is 7.10. The molecule has 0 saturated heterocycles. The Morgan fingerprint density at radius 3 is 2.93 bits per heavy atom. The fraction of sp³-hybridized carbons (Fsp3) is 0.650. The van der Waals surface area contributed by atoms with Gasteiger partial charge in [-0.25, -0.2) is 4.98 Å². The van der Waals surface area contributed by atoms with Gasteiger partial charge >= 0.3 is 5.97 Å². The van der Waals surface area contributed by atoms with Crippen molar-refractivity contribution in [1.82, 2.24) is 19.9 Å². The summed E-state index contributed by atoms with van der Waals surface area (Å²) >= 11 is 1.72. The van der Waals surface area contributed by atoms with Gasteiger partial charge in [-0.15, -0.1) is 0 Å². The molecular formula is C20H32N4O4S. The van der Waals surface area contributed by atoms with Crippen molar-refractivity contribution in [3.63, 3.8) is 0 Å². The van der Waals surface area contributed by atoms with E-state index in [0.717, 1.165) is 24.2 Å². The molecule has 162 valence electrons. The number of hydrogen-bond acceptors (Lipinski definition) is 7. The minimum atomic E-state index is -0.266. The SMILES string of the molecule is CCCCOCn1cc(CNC[C@H](CSC)C(C)OC(C)=O)c2nc[nH]c(=O)c21. The number of carbonyl (C=O) groups excluding carboxylic acids is 1. The van der Waals surface area contributed by atoms with E-state index in [1.54, 1.807) is 11.8 Å². The molecule has 0 aliphatic carbocycles. The van der Waals surface area contributed by atoms with Gasteiger partial charge in [0.25, 0.3) is 5.56 Å². The number of aromatic amines is 1. The highest BCUT2D eigenvalue weighted by Crippen LogP contribution is 2.17. The lowest BCUT2D eigenvalue weighted by molar-refractivity contribution is -0.147. The van der Waals surface area contributed by atoms with Gasteiger partial charge in [0.1, 0.15) is 23.9 Å². The topological polar surface area (TPSA) is 98.2 Å². The molecule has 0 spiro atoms. The molecule has 0 aliphatic rings. The zero-order valence-electron chi connectivity index (χ0n) is 17.7. The van der Waals surface area contributed by atoms with E-state index in [1.165, 1.54) is 13.3 Å². The summed E-state index contributed by atoms with van der Waals surface area (Å²) in [5.74, 6) is 0.806. The largest absolute Gasteiger partial charge is 0.462 e. The quantitative estimate of drug-likeness (QED) is 0.377. The lowest BCUT2D eigenvalue weighted by atomic mass is 10.1. The summed E-state index contributed by atoms with van der Waals surface area (Å²) < 4.78 is 12.9. The molecule has 1 unspecified atom stereocenters. The molecular weight excluding hydrogens is 392 g/mol. The normalized spacial score (nSPS) is 13.5. The molecule has 2 aromatic heterocycles. The third kappa shape index (κ3) is 6.87. The summed E-state index contributed by atoms with van der Waals surface area (Å²) in [6, 6.07) is 0. The zero-order valence-corrected chi connectivity index (χ0v) is 18.5. The van der Waals surface area contributed by atoms with Crippen LogP contribution in [0.3, 0.4) is 0 Å². The molecule has 0 bridgehead atoms. The number of thioether (sulfide) groups is 1. The molecule has 2 aromatic rings. The zero-order chi connectivity index (χ0) is 21.2. The van der Waals surface area contributed by atoms with E-state index in [4.69, 9.17) is 9.47 Å². The van der Waals surface area contributed by atoms with Gasteiger partial charge in [-0.1, -0.05) is 13.3 Å². The molecule has 8 nitrogen and oxygen atoms in total. The van der Waals surface area contributed by atoms with Gasteiger partial charge in [0.15, 0.2) is 0 Å². The first-order chi connectivity index (χ1) is 14.0. The Hall–Kier alpha value is -1.84. The molecule has 9 heteroatoms. The van der Waals surface area contributed by atoms with E-state index < -0.39 is 0 Å². The van der Waals surface area contributed by atoms with Crippen LogP contribution in [0, 0.1) is 5.92 Å². The van der Waals surface area contributed by atoms with Crippen LogP contribution in [-0.2, 0) is 27.5 Å². The summed E-state index contributed by atoms with van der Waals surface area (Å²) in [7, 11) is 0. The van der Waals surface area contributed by atoms with Gasteiger partial charge in [0.05, 0.1) is 6.33 Å². The van der Waals surface area contributed by atoms with E-state index in [0.29, 0.717) is 37.5 Å². The highest BCUT2D eigenvalue weighted by Gasteiger charge is 2.20. The van der Waals surface area contributed by atoms with Crippen molar-refractivity contribution in [2.45, 2.75) is 53.0 Å². The molecule has 2 atom stereocenters. The third-order valence-corrected chi connectivity index (χ3v) is 5.48.